The highest BCUT2D eigenvalue weighted by Crippen LogP contribution is 2.20. The summed E-state index contributed by atoms with van der Waals surface area (Å²) in [4.78, 5) is 11.5. The molecule has 0 amide bonds. The smallest absolute Gasteiger partial charge is 0.335 e. The Balaban J connectivity index is 2.07. The molecule has 0 saturated carbocycles. The van der Waals surface area contributed by atoms with Crippen molar-refractivity contribution in [3.63, 3.8) is 0 Å². The van der Waals surface area contributed by atoms with Gasteiger partial charge in [-0.2, -0.15) is 0 Å². The van der Waals surface area contributed by atoms with Gasteiger partial charge in [0.1, 0.15) is 11.4 Å². The Morgan fingerprint density at radius 2 is 2.05 bits per heavy atom. The number of methoxy groups -OCH3 is 1. The predicted molar refractivity (Wildman–Crippen MR) is 77.8 cm³/mol. The lowest BCUT2D eigenvalue weighted by atomic mass is 10.1. The molecule has 21 heavy (non-hydrogen) atoms. The number of carbonyl (C=O) groups excluding carboxylic acids is 1. The number of hydrogen-bond acceptors (Lipinski definition) is 5. The van der Waals surface area contributed by atoms with Crippen molar-refractivity contribution in [2.75, 3.05) is 13.7 Å². The molecule has 0 bridgehead atoms. The fourth-order valence-corrected chi connectivity index (χ4v) is 1.76. The lowest BCUT2D eigenvalue weighted by Crippen LogP contribution is -2.12. The number of benzene rings is 1. The SMILES string of the molecule is C=C(Cn1cc(-c2ccc(OC)cc2)nn1)C(=O)OCC. The molecule has 0 fully saturated rings. The Bertz CT molecular complexity index is 632. The highest BCUT2D eigenvalue weighted by molar-refractivity contribution is 5.87. The first kappa shape index (κ1) is 14.8. The highest BCUT2D eigenvalue weighted by Gasteiger charge is 2.10. The quantitative estimate of drug-likeness (QED) is 0.601. The van der Waals surface area contributed by atoms with Crippen LogP contribution in [-0.4, -0.2) is 34.7 Å². The maximum absolute atomic E-state index is 11.5. The third-order valence-corrected chi connectivity index (χ3v) is 2.84. The van der Waals surface area contributed by atoms with Gasteiger partial charge in [0.2, 0.25) is 0 Å². The second-order valence-electron chi connectivity index (χ2n) is 4.35. The summed E-state index contributed by atoms with van der Waals surface area (Å²) in [6, 6.07) is 7.50. The molecule has 6 heteroatoms. The molecule has 1 heterocycles. The summed E-state index contributed by atoms with van der Waals surface area (Å²) in [7, 11) is 1.62. The number of carbonyl (C=O) groups is 1. The first-order valence-corrected chi connectivity index (χ1v) is 6.53. The van der Waals surface area contributed by atoms with Gasteiger partial charge < -0.3 is 9.47 Å². The normalized spacial score (nSPS) is 10.2. The minimum absolute atomic E-state index is 0.252. The molecule has 0 aliphatic rings. The molecule has 2 aromatic rings. The second-order valence-corrected chi connectivity index (χ2v) is 4.35. The topological polar surface area (TPSA) is 66.2 Å². The average molecular weight is 287 g/mol. The van der Waals surface area contributed by atoms with E-state index in [1.165, 1.54) is 0 Å². The van der Waals surface area contributed by atoms with E-state index in [-0.39, 0.29) is 6.54 Å². The van der Waals surface area contributed by atoms with Crippen LogP contribution in [0.15, 0.2) is 42.6 Å². The van der Waals surface area contributed by atoms with E-state index in [9.17, 15) is 4.79 Å². The summed E-state index contributed by atoms with van der Waals surface area (Å²) in [5.74, 6) is 0.362. The van der Waals surface area contributed by atoms with Crippen LogP contribution >= 0.6 is 0 Å². The summed E-state index contributed by atoms with van der Waals surface area (Å²) >= 11 is 0. The van der Waals surface area contributed by atoms with Crippen LogP contribution in [0.25, 0.3) is 11.3 Å². The van der Waals surface area contributed by atoms with E-state index in [0.29, 0.717) is 17.9 Å². The van der Waals surface area contributed by atoms with E-state index in [0.717, 1.165) is 11.3 Å². The molecule has 110 valence electrons. The van der Waals surface area contributed by atoms with Gasteiger partial charge in [0.05, 0.1) is 32.0 Å². The van der Waals surface area contributed by atoms with Gasteiger partial charge in [-0.05, 0) is 31.2 Å². The lowest BCUT2D eigenvalue weighted by Gasteiger charge is -2.04. The lowest BCUT2D eigenvalue weighted by molar-refractivity contribution is -0.138. The Hall–Kier alpha value is -2.63. The van der Waals surface area contributed by atoms with Gasteiger partial charge in [0.15, 0.2) is 0 Å². The van der Waals surface area contributed by atoms with Crippen LogP contribution in [0.5, 0.6) is 5.75 Å². The van der Waals surface area contributed by atoms with Gasteiger partial charge in [0, 0.05) is 5.56 Å². The van der Waals surface area contributed by atoms with Gasteiger partial charge >= 0.3 is 5.97 Å². The van der Waals surface area contributed by atoms with Crippen molar-refractivity contribution >= 4 is 5.97 Å². The molecular formula is C15H17N3O3. The third kappa shape index (κ3) is 3.68. The zero-order chi connectivity index (χ0) is 15.2. The van der Waals surface area contributed by atoms with Gasteiger partial charge in [-0.1, -0.05) is 11.8 Å². The Morgan fingerprint density at radius 3 is 2.67 bits per heavy atom. The standard InChI is InChI=1S/C15H17N3O3/c1-4-21-15(19)11(2)9-18-10-14(16-17-18)12-5-7-13(20-3)8-6-12/h5-8,10H,2,4,9H2,1,3H3. The number of aromatic nitrogens is 3. The van der Waals surface area contributed by atoms with Crippen molar-refractivity contribution in [3.05, 3.63) is 42.6 Å². The van der Waals surface area contributed by atoms with E-state index >= 15 is 0 Å². The van der Waals surface area contributed by atoms with Gasteiger partial charge in [-0.25, -0.2) is 9.48 Å². The van der Waals surface area contributed by atoms with Crippen molar-refractivity contribution < 1.29 is 14.3 Å². The van der Waals surface area contributed by atoms with E-state index in [2.05, 4.69) is 16.9 Å². The molecule has 2 rings (SSSR count). The number of esters is 1. The molecule has 0 N–H and O–H groups in total. The molecule has 0 aliphatic heterocycles. The van der Waals surface area contributed by atoms with Crippen LogP contribution in [0, 0.1) is 0 Å². The maximum Gasteiger partial charge on any atom is 0.335 e. The molecule has 0 aliphatic carbocycles. The van der Waals surface area contributed by atoms with Crippen LogP contribution in [-0.2, 0) is 16.1 Å². The summed E-state index contributed by atoms with van der Waals surface area (Å²) in [5.41, 5.74) is 1.97. The van der Waals surface area contributed by atoms with Crippen LogP contribution < -0.4 is 4.74 Å². The van der Waals surface area contributed by atoms with E-state index < -0.39 is 5.97 Å². The minimum atomic E-state index is -0.418. The molecule has 1 aromatic carbocycles. The first-order chi connectivity index (χ1) is 10.1. The monoisotopic (exact) mass is 287 g/mol. The summed E-state index contributed by atoms with van der Waals surface area (Å²) in [6.45, 7) is 6.02. The largest absolute Gasteiger partial charge is 0.497 e. The Labute approximate surface area is 123 Å². The molecule has 0 unspecified atom stereocenters. The molecule has 0 atom stereocenters. The minimum Gasteiger partial charge on any atom is -0.497 e. The summed E-state index contributed by atoms with van der Waals surface area (Å²) in [5, 5.41) is 8.06. The maximum atomic E-state index is 11.5. The average Bonchev–Trinajstić information content (AvgIpc) is 2.96. The van der Waals surface area contributed by atoms with Crippen molar-refractivity contribution in [3.8, 4) is 17.0 Å². The highest BCUT2D eigenvalue weighted by atomic mass is 16.5. The van der Waals surface area contributed by atoms with Crippen molar-refractivity contribution in [1.82, 2.24) is 15.0 Å². The first-order valence-electron chi connectivity index (χ1n) is 6.53. The summed E-state index contributed by atoms with van der Waals surface area (Å²) in [6.07, 6.45) is 1.76. The molecule has 6 nitrogen and oxygen atoms in total. The van der Waals surface area contributed by atoms with E-state index in [4.69, 9.17) is 9.47 Å². The molecule has 0 radical (unpaired) electrons. The zero-order valence-electron chi connectivity index (χ0n) is 12.1. The van der Waals surface area contributed by atoms with Crippen molar-refractivity contribution in [2.45, 2.75) is 13.5 Å². The van der Waals surface area contributed by atoms with E-state index in [1.807, 2.05) is 24.3 Å². The van der Waals surface area contributed by atoms with Crippen LogP contribution in [0.4, 0.5) is 0 Å². The van der Waals surface area contributed by atoms with Crippen LogP contribution in [0.3, 0.4) is 0 Å². The number of nitrogens with zero attached hydrogens (tertiary/aromatic N) is 3. The van der Waals surface area contributed by atoms with Gasteiger partial charge in [0.25, 0.3) is 0 Å². The predicted octanol–water partition coefficient (Wildman–Crippen LogP) is 2.07. The number of hydrogen-bond donors (Lipinski definition) is 0. The molecule has 1 aromatic heterocycles. The van der Waals surface area contributed by atoms with E-state index in [1.54, 1.807) is 24.9 Å². The molecule has 0 saturated heterocycles. The second kappa shape index (κ2) is 6.69. The fourth-order valence-electron chi connectivity index (χ4n) is 1.76. The van der Waals surface area contributed by atoms with Crippen molar-refractivity contribution in [1.29, 1.82) is 0 Å². The third-order valence-electron chi connectivity index (χ3n) is 2.84. The zero-order valence-corrected chi connectivity index (χ0v) is 12.1. The summed E-state index contributed by atoms with van der Waals surface area (Å²) < 4.78 is 11.5. The Kier molecular flexibility index (Phi) is 4.71. The molecule has 0 spiro atoms. The van der Waals surface area contributed by atoms with Gasteiger partial charge in [-0.15, -0.1) is 5.10 Å². The number of rotatable bonds is 6. The fraction of sp³-hybridized carbons (Fsp3) is 0.267. The van der Waals surface area contributed by atoms with Crippen LogP contribution in [0.2, 0.25) is 0 Å². The molecular weight excluding hydrogens is 270 g/mol. The van der Waals surface area contributed by atoms with Crippen LogP contribution in [0.1, 0.15) is 6.92 Å². The Morgan fingerprint density at radius 1 is 1.33 bits per heavy atom. The number of ether oxygens (including phenoxy) is 2. The van der Waals surface area contributed by atoms with Crippen molar-refractivity contribution in [2.24, 2.45) is 0 Å². The van der Waals surface area contributed by atoms with Gasteiger partial charge in [-0.3, -0.25) is 0 Å².